The zero-order chi connectivity index (χ0) is 11.5. The molecule has 0 fully saturated rings. The molecule has 1 amide bonds. The molecule has 1 N–H and O–H groups in total. The van der Waals surface area contributed by atoms with Crippen LogP contribution in [0.15, 0.2) is 39.7 Å². The average Bonchev–Trinajstić information content (AvgIpc) is 2.75. The van der Waals surface area contributed by atoms with Crippen LogP contribution in [0.4, 0.5) is 5.82 Å². The zero-order valence-electron chi connectivity index (χ0n) is 8.53. The number of amides is 1. The minimum atomic E-state index is -0.230. The van der Waals surface area contributed by atoms with Gasteiger partial charge in [-0.2, -0.15) is 0 Å². The van der Waals surface area contributed by atoms with Gasteiger partial charge in [0.05, 0.1) is 11.8 Å². The highest BCUT2D eigenvalue weighted by molar-refractivity contribution is 9.10. The number of rotatable bonds is 2. The van der Waals surface area contributed by atoms with Crippen molar-refractivity contribution in [1.82, 2.24) is 4.98 Å². The number of furan rings is 1. The Morgan fingerprint density at radius 3 is 3.00 bits per heavy atom. The number of carbonyl (C=O) groups is 1. The van der Waals surface area contributed by atoms with Gasteiger partial charge in [-0.3, -0.25) is 4.79 Å². The van der Waals surface area contributed by atoms with Crippen molar-refractivity contribution in [3.05, 3.63) is 46.5 Å². The number of nitrogens with zero attached hydrogens (tertiary/aromatic N) is 1. The molecule has 2 heterocycles. The van der Waals surface area contributed by atoms with Crippen LogP contribution in [0.2, 0.25) is 0 Å². The molecule has 0 aliphatic heterocycles. The summed E-state index contributed by atoms with van der Waals surface area (Å²) in [6.45, 7) is 1.88. The molecule has 4 nitrogen and oxygen atoms in total. The Labute approximate surface area is 101 Å². The lowest BCUT2D eigenvalue weighted by molar-refractivity contribution is 0.102. The van der Waals surface area contributed by atoms with Crippen molar-refractivity contribution in [2.24, 2.45) is 0 Å². The molecular weight excluding hydrogens is 272 g/mol. The Kier molecular flexibility index (Phi) is 3.05. The molecule has 2 rings (SSSR count). The Morgan fingerprint density at radius 2 is 2.38 bits per heavy atom. The smallest absolute Gasteiger partial charge is 0.260 e. The van der Waals surface area contributed by atoms with E-state index in [1.807, 2.05) is 13.0 Å². The van der Waals surface area contributed by atoms with Gasteiger partial charge in [0, 0.05) is 10.7 Å². The number of aromatic nitrogens is 1. The summed E-state index contributed by atoms with van der Waals surface area (Å²) in [4.78, 5) is 15.8. The lowest BCUT2D eigenvalue weighted by Crippen LogP contribution is -2.12. The molecule has 0 aliphatic carbocycles. The summed E-state index contributed by atoms with van der Waals surface area (Å²) in [5.41, 5.74) is 1.37. The fourth-order valence-corrected chi connectivity index (χ4v) is 1.69. The SMILES string of the molecule is Cc1cc(Br)cnc1NC(=O)c1ccoc1. The van der Waals surface area contributed by atoms with Crippen LogP contribution in [0, 0.1) is 6.92 Å². The van der Waals surface area contributed by atoms with Gasteiger partial charge in [0.25, 0.3) is 5.91 Å². The van der Waals surface area contributed by atoms with Crippen LogP contribution in [-0.4, -0.2) is 10.9 Å². The number of carbonyl (C=O) groups excluding carboxylic acids is 1. The lowest BCUT2D eigenvalue weighted by Gasteiger charge is -2.05. The second-order valence-corrected chi connectivity index (χ2v) is 4.20. The number of halogens is 1. The molecule has 0 spiro atoms. The molecule has 5 heteroatoms. The van der Waals surface area contributed by atoms with Crippen LogP contribution in [0.3, 0.4) is 0 Å². The summed E-state index contributed by atoms with van der Waals surface area (Å²) in [6, 6.07) is 3.49. The maximum Gasteiger partial charge on any atom is 0.260 e. The van der Waals surface area contributed by atoms with Gasteiger partial charge < -0.3 is 9.73 Å². The van der Waals surface area contributed by atoms with Crippen molar-refractivity contribution < 1.29 is 9.21 Å². The topological polar surface area (TPSA) is 55.1 Å². The van der Waals surface area contributed by atoms with Crippen LogP contribution >= 0.6 is 15.9 Å². The predicted molar refractivity (Wildman–Crippen MR) is 63.3 cm³/mol. The van der Waals surface area contributed by atoms with Gasteiger partial charge in [0.2, 0.25) is 0 Å². The molecule has 0 atom stereocenters. The first kappa shape index (κ1) is 10.9. The molecule has 0 bridgehead atoms. The van der Waals surface area contributed by atoms with Gasteiger partial charge in [-0.15, -0.1) is 0 Å². The number of anilines is 1. The van der Waals surface area contributed by atoms with Gasteiger partial charge in [-0.1, -0.05) is 0 Å². The summed E-state index contributed by atoms with van der Waals surface area (Å²) >= 11 is 3.31. The van der Waals surface area contributed by atoms with Crippen LogP contribution in [0.1, 0.15) is 15.9 Å². The van der Waals surface area contributed by atoms with Gasteiger partial charge in [0.15, 0.2) is 0 Å². The van der Waals surface area contributed by atoms with Gasteiger partial charge in [0.1, 0.15) is 12.1 Å². The minimum Gasteiger partial charge on any atom is -0.472 e. The van der Waals surface area contributed by atoms with Crippen LogP contribution < -0.4 is 5.32 Å². The molecule has 2 aromatic heterocycles. The molecule has 0 aromatic carbocycles. The molecule has 82 valence electrons. The van der Waals surface area contributed by atoms with E-state index in [0.717, 1.165) is 10.0 Å². The zero-order valence-corrected chi connectivity index (χ0v) is 10.1. The second kappa shape index (κ2) is 4.49. The van der Waals surface area contributed by atoms with E-state index >= 15 is 0 Å². The summed E-state index contributed by atoms with van der Waals surface area (Å²) < 4.78 is 5.71. The van der Waals surface area contributed by atoms with E-state index < -0.39 is 0 Å². The monoisotopic (exact) mass is 280 g/mol. The Balaban J connectivity index is 2.18. The van der Waals surface area contributed by atoms with Crippen molar-refractivity contribution in [2.45, 2.75) is 6.92 Å². The van der Waals surface area contributed by atoms with E-state index in [-0.39, 0.29) is 5.91 Å². The summed E-state index contributed by atoms with van der Waals surface area (Å²) in [5.74, 6) is 0.320. The number of aryl methyl sites for hydroxylation is 1. The molecule has 0 aliphatic rings. The van der Waals surface area contributed by atoms with E-state index in [0.29, 0.717) is 11.4 Å². The molecule has 2 aromatic rings. The molecule has 0 saturated heterocycles. The highest BCUT2D eigenvalue weighted by Gasteiger charge is 2.09. The average molecular weight is 281 g/mol. The Hall–Kier alpha value is -1.62. The first-order valence-electron chi connectivity index (χ1n) is 4.62. The third kappa shape index (κ3) is 2.30. The fourth-order valence-electron chi connectivity index (χ4n) is 1.24. The van der Waals surface area contributed by atoms with Crippen molar-refractivity contribution in [3.63, 3.8) is 0 Å². The summed E-state index contributed by atoms with van der Waals surface area (Å²) in [7, 11) is 0. The third-order valence-corrected chi connectivity index (χ3v) is 2.49. The number of nitrogens with one attached hydrogen (secondary N) is 1. The largest absolute Gasteiger partial charge is 0.472 e. The highest BCUT2D eigenvalue weighted by atomic mass is 79.9. The van der Waals surface area contributed by atoms with Crippen LogP contribution in [0.25, 0.3) is 0 Å². The number of hydrogen-bond donors (Lipinski definition) is 1. The van der Waals surface area contributed by atoms with Gasteiger partial charge >= 0.3 is 0 Å². The van der Waals surface area contributed by atoms with E-state index in [1.54, 1.807) is 12.3 Å². The fraction of sp³-hybridized carbons (Fsp3) is 0.0909. The van der Waals surface area contributed by atoms with Crippen LogP contribution in [0.5, 0.6) is 0 Å². The second-order valence-electron chi connectivity index (χ2n) is 3.29. The number of pyridine rings is 1. The standard InChI is InChI=1S/C11H9BrN2O2/c1-7-4-9(12)5-13-10(7)14-11(15)8-2-3-16-6-8/h2-6H,1H3,(H,13,14,15). The Morgan fingerprint density at radius 1 is 1.56 bits per heavy atom. The first-order chi connectivity index (χ1) is 7.66. The van der Waals surface area contributed by atoms with Crippen molar-refractivity contribution >= 4 is 27.7 Å². The van der Waals surface area contributed by atoms with Gasteiger partial charge in [-0.25, -0.2) is 4.98 Å². The molecule has 0 radical (unpaired) electrons. The van der Waals surface area contributed by atoms with Gasteiger partial charge in [-0.05, 0) is 40.5 Å². The van der Waals surface area contributed by atoms with E-state index in [1.165, 1.54) is 12.5 Å². The quantitative estimate of drug-likeness (QED) is 0.920. The molecule has 0 saturated carbocycles. The number of hydrogen-bond acceptors (Lipinski definition) is 3. The molecule has 0 unspecified atom stereocenters. The van der Waals surface area contributed by atoms with Crippen molar-refractivity contribution in [2.75, 3.05) is 5.32 Å². The lowest BCUT2D eigenvalue weighted by atomic mass is 10.2. The van der Waals surface area contributed by atoms with Crippen molar-refractivity contribution in [3.8, 4) is 0 Å². The van der Waals surface area contributed by atoms with Crippen LogP contribution in [-0.2, 0) is 0 Å². The summed E-state index contributed by atoms with van der Waals surface area (Å²) in [5, 5.41) is 2.71. The normalized spacial score (nSPS) is 10.1. The highest BCUT2D eigenvalue weighted by Crippen LogP contribution is 2.17. The first-order valence-corrected chi connectivity index (χ1v) is 5.42. The minimum absolute atomic E-state index is 0.230. The van der Waals surface area contributed by atoms with E-state index in [4.69, 9.17) is 4.42 Å². The maximum atomic E-state index is 11.7. The molecule has 16 heavy (non-hydrogen) atoms. The predicted octanol–water partition coefficient (Wildman–Crippen LogP) is 3.00. The van der Waals surface area contributed by atoms with E-state index in [2.05, 4.69) is 26.2 Å². The summed E-state index contributed by atoms with van der Waals surface area (Å²) in [6.07, 6.45) is 4.48. The third-order valence-electron chi connectivity index (χ3n) is 2.06. The van der Waals surface area contributed by atoms with Crippen molar-refractivity contribution in [1.29, 1.82) is 0 Å². The van der Waals surface area contributed by atoms with E-state index in [9.17, 15) is 4.79 Å². The molecular formula is C11H9BrN2O2. The maximum absolute atomic E-state index is 11.7. The Bertz CT molecular complexity index is 509.